The fourth-order valence-electron chi connectivity index (χ4n) is 6.22. The molecule has 3 aliphatic rings. The number of carbonyl (C=O) groups is 2. The molecule has 3 rings (SSSR count). The molecule has 2 saturated carbocycles. The van der Waals surface area contributed by atoms with Crippen LogP contribution in [0.3, 0.4) is 0 Å². The van der Waals surface area contributed by atoms with Crippen molar-refractivity contribution in [3.63, 3.8) is 0 Å². The van der Waals surface area contributed by atoms with Crippen molar-refractivity contribution in [1.82, 2.24) is 5.32 Å². The number of amides is 1. The molecule has 0 aromatic heterocycles. The first-order valence-corrected chi connectivity index (χ1v) is 10.9. The van der Waals surface area contributed by atoms with E-state index in [2.05, 4.69) is 39.9 Å². The summed E-state index contributed by atoms with van der Waals surface area (Å²) in [5.41, 5.74) is 1.18. The molecule has 0 aromatic rings. The quantitative estimate of drug-likeness (QED) is 0.675. The third kappa shape index (κ3) is 6.22. The molecule has 2 aliphatic carbocycles. The summed E-state index contributed by atoms with van der Waals surface area (Å²) in [4.78, 5) is 22.1. The Morgan fingerprint density at radius 1 is 1.00 bits per heavy atom. The van der Waals surface area contributed by atoms with Gasteiger partial charge in [-0.05, 0) is 66.6 Å². The third-order valence-corrected chi connectivity index (χ3v) is 7.30. The number of nitrogens with one attached hydrogen (secondary N) is 1. The van der Waals surface area contributed by atoms with E-state index >= 15 is 0 Å². The highest BCUT2D eigenvalue weighted by Crippen LogP contribution is 2.50. The molecule has 1 amide bonds. The van der Waals surface area contributed by atoms with Gasteiger partial charge in [-0.3, -0.25) is 9.59 Å². The summed E-state index contributed by atoms with van der Waals surface area (Å²) in [6, 6.07) is 0. The van der Waals surface area contributed by atoms with Crippen molar-refractivity contribution in [2.75, 3.05) is 6.54 Å². The van der Waals surface area contributed by atoms with Crippen molar-refractivity contribution in [3.05, 3.63) is 0 Å². The first-order chi connectivity index (χ1) is 12.4. The molecular weight excluding hydrogens is 338 g/mol. The van der Waals surface area contributed by atoms with Crippen LogP contribution < -0.4 is 5.32 Å². The van der Waals surface area contributed by atoms with Gasteiger partial charge >= 0.3 is 5.97 Å². The third-order valence-electron chi connectivity index (χ3n) is 7.30. The summed E-state index contributed by atoms with van der Waals surface area (Å²) >= 11 is 0. The summed E-state index contributed by atoms with van der Waals surface area (Å²) in [5.74, 6) is -0.373. The highest BCUT2D eigenvalue weighted by molar-refractivity contribution is 5.79. The second kappa shape index (κ2) is 8.13. The zero-order chi connectivity index (χ0) is 20.3. The lowest BCUT2D eigenvalue weighted by molar-refractivity contribution is -0.141. The standard InChI is InChI=1S/C12H22O2.C11H19NO/c1-4-12(8-10(13)14)7-5-6-11(2,3)9-12;1-10(2)4-3-5-11(7-10)6-9(13)12-8-11/h4-9H2,1-3H3,(H,13,14);3-8H2,1-2H3,(H,12,13)/t12-;11-/m10/s1. The second-order valence-corrected chi connectivity index (χ2v) is 11.3. The number of carboxylic acid groups (broad SMARTS) is 1. The highest BCUT2D eigenvalue weighted by Gasteiger charge is 2.44. The summed E-state index contributed by atoms with van der Waals surface area (Å²) in [5, 5.41) is 11.9. The van der Waals surface area contributed by atoms with Crippen molar-refractivity contribution in [1.29, 1.82) is 0 Å². The summed E-state index contributed by atoms with van der Waals surface area (Å²) in [6.07, 6.45) is 11.8. The van der Waals surface area contributed by atoms with Gasteiger partial charge in [0.2, 0.25) is 5.91 Å². The molecular formula is C23H41NO3. The van der Waals surface area contributed by atoms with Crippen molar-refractivity contribution >= 4 is 11.9 Å². The lowest BCUT2D eigenvalue weighted by atomic mass is 9.61. The molecule has 4 heteroatoms. The van der Waals surface area contributed by atoms with Gasteiger partial charge in [0.1, 0.15) is 0 Å². The Morgan fingerprint density at radius 2 is 1.59 bits per heavy atom. The molecule has 0 unspecified atom stereocenters. The zero-order valence-corrected chi connectivity index (χ0v) is 18.2. The molecule has 2 atom stereocenters. The lowest BCUT2D eigenvalue weighted by Crippen LogP contribution is -2.34. The van der Waals surface area contributed by atoms with Crippen molar-refractivity contribution in [2.45, 2.75) is 105 Å². The van der Waals surface area contributed by atoms with Crippen LogP contribution in [-0.2, 0) is 9.59 Å². The molecule has 0 radical (unpaired) electrons. The number of aliphatic carboxylic acids is 1. The van der Waals surface area contributed by atoms with Crippen LogP contribution in [0.4, 0.5) is 0 Å². The van der Waals surface area contributed by atoms with E-state index in [-0.39, 0.29) is 11.3 Å². The Kier molecular flexibility index (Phi) is 6.69. The molecule has 1 spiro atoms. The fraction of sp³-hybridized carbons (Fsp3) is 0.913. The zero-order valence-electron chi connectivity index (χ0n) is 18.2. The first kappa shape index (κ1) is 22.2. The van der Waals surface area contributed by atoms with Gasteiger partial charge in [0.25, 0.3) is 0 Å². The largest absolute Gasteiger partial charge is 0.481 e. The van der Waals surface area contributed by atoms with Crippen LogP contribution in [0, 0.1) is 21.7 Å². The van der Waals surface area contributed by atoms with E-state index in [1.165, 1.54) is 38.5 Å². The average molecular weight is 380 g/mol. The van der Waals surface area contributed by atoms with Crippen LogP contribution >= 0.6 is 0 Å². The molecule has 1 heterocycles. The molecule has 0 aromatic carbocycles. The minimum absolute atomic E-state index is 0.0770. The van der Waals surface area contributed by atoms with Crippen molar-refractivity contribution in [2.24, 2.45) is 21.7 Å². The topological polar surface area (TPSA) is 66.4 Å². The minimum atomic E-state index is -0.635. The van der Waals surface area contributed by atoms with Crippen LogP contribution in [0.25, 0.3) is 0 Å². The van der Waals surface area contributed by atoms with Gasteiger partial charge in [-0.25, -0.2) is 0 Å². The van der Waals surface area contributed by atoms with E-state index in [4.69, 9.17) is 5.11 Å². The smallest absolute Gasteiger partial charge is 0.303 e. The molecule has 3 fully saturated rings. The molecule has 0 bridgehead atoms. The molecule has 27 heavy (non-hydrogen) atoms. The Balaban J connectivity index is 0.000000194. The van der Waals surface area contributed by atoms with Gasteiger partial charge in [-0.1, -0.05) is 47.5 Å². The van der Waals surface area contributed by atoms with Gasteiger partial charge < -0.3 is 10.4 Å². The lowest BCUT2D eigenvalue weighted by Gasteiger charge is -2.44. The molecule has 1 aliphatic heterocycles. The van der Waals surface area contributed by atoms with Crippen LogP contribution in [0.5, 0.6) is 0 Å². The number of hydrogen-bond acceptors (Lipinski definition) is 2. The van der Waals surface area contributed by atoms with E-state index in [9.17, 15) is 9.59 Å². The minimum Gasteiger partial charge on any atom is -0.481 e. The SMILES string of the molecule is CC1(C)CCC[C@@]2(CNC(=O)C2)C1.CC[C@]1(CC(=O)O)CCCC(C)(C)C1. The van der Waals surface area contributed by atoms with Crippen LogP contribution in [0.15, 0.2) is 0 Å². The van der Waals surface area contributed by atoms with Crippen LogP contribution in [0.2, 0.25) is 0 Å². The van der Waals surface area contributed by atoms with E-state index in [0.29, 0.717) is 22.7 Å². The molecule has 4 nitrogen and oxygen atoms in total. The Hall–Kier alpha value is -1.06. The maximum atomic E-state index is 11.2. The van der Waals surface area contributed by atoms with Gasteiger partial charge in [0, 0.05) is 13.0 Å². The maximum absolute atomic E-state index is 11.2. The predicted molar refractivity (Wildman–Crippen MR) is 110 cm³/mol. The number of carbonyl (C=O) groups excluding carboxylic acids is 1. The Morgan fingerprint density at radius 3 is 2.04 bits per heavy atom. The number of carboxylic acids is 1. The molecule has 156 valence electrons. The Labute approximate surface area is 165 Å². The number of rotatable bonds is 3. The summed E-state index contributed by atoms with van der Waals surface area (Å²) < 4.78 is 0. The van der Waals surface area contributed by atoms with Gasteiger partial charge in [-0.15, -0.1) is 0 Å². The maximum Gasteiger partial charge on any atom is 0.303 e. The van der Waals surface area contributed by atoms with Crippen LogP contribution in [-0.4, -0.2) is 23.5 Å². The monoisotopic (exact) mass is 379 g/mol. The summed E-state index contributed by atoms with van der Waals surface area (Å²) in [6.45, 7) is 12.2. The van der Waals surface area contributed by atoms with Gasteiger partial charge in [0.15, 0.2) is 0 Å². The average Bonchev–Trinajstić information content (AvgIpc) is 2.85. The number of hydrogen-bond donors (Lipinski definition) is 2. The first-order valence-electron chi connectivity index (χ1n) is 10.9. The normalized spacial score (nSPS) is 34.5. The molecule has 2 N–H and O–H groups in total. The van der Waals surface area contributed by atoms with Gasteiger partial charge in [0.05, 0.1) is 6.42 Å². The fourth-order valence-corrected chi connectivity index (χ4v) is 6.22. The predicted octanol–water partition coefficient (Wildman–Crippen LogP) is 5.55. The summed E-state index contributed by atoms with van der Waals surface area (Å²) in [7, 11) is 0. The molecule has 1 saturated heterocycles. The van der Waals surface area contributed by atoms with E-state index in [1.54, 1.807) is 0 Å². The van der Waals surface area contributed by atoms with Crippen LogP contribution in [0.1, 0.15) is 105 Å². The van der Waals surface area contributed by atoms with E-state index < -0.39 is 5.97 Å². The highest BCUT2D eigenvalue weighted by atomic mass is 16.4. The second-order valence-electron chi connectivity index (χ2n) is 11.3. The van der Waals surface area contributed by atoms with Crippen molar-refractivity contribution < 1.29 is 14.7 Å². The van der Waals surface area contributed by atoms with E-state index in [1.807, 2.05) is 0 Å². The Bertz CT molecular complexity index is 554. The van der Waals surface area contributed by atoms with Crippen molar-refractivity contribution in [3.8, 4) is 0 Å². The van der Waals surface area contributed by atoms with Gasteiger partial charge in [-0.2, -0.15) is 0 Å². The van der Waals surface area contributed by atoms with E-state index in [0.717, 1.165) is 32.2 Å².